The second-order valence-electron chi connectivity index (χ2n) is 7.40. The number of alkyl halides is 2. The van der Waals surface area contributed by atoms with Crippen LogP contribution in [0.5, 0.6) is 0 Å². The van der Waals surface area contributed by atoms with E-state index in [1.165, 1.54) is 5.56 Å². The summed E-state index contributed by atoms with van der Waals surface area (Å²) >= 11 is 0. The Morgan fingerprint density at radius 1 is 1.03 bits per heavy atom. The van der Waals surface area contributed by atoms with Gasteiger partial charge in [0.2, 0.25) is 0 Å². The first-order valence-corrected chi connectivity index (χ1v) is 9.77. The van der Waals surface area contributed by atoms with Crippen LogP contribution in [0.3, 0.4) is 0 Å². The molecule has 1 saturated heterocycles. The first-order chi connectivity index (χ1) is 14.1. The lowest BCUT2D eigenvalue weighted by Crippen LogP contribution is -2.47. The third-order valence-electron chi connectivity index (χ3n) is 5.64. The van der Waals surface area contributed by atoms with Crippen molar-refractivity contribution in [3.05, 3.63) is 65.5 Å². The third-order valence-corrected chi connectivity index (χ3v) is 5.64. The number of hydrogen-bond acceptors (Lipinski definition) is 4. The number of nitriles is 1. The number of halogens is 2. The minimum Gasteiger partial charge on any atom is -0.297 e. The molecule has 0 radical (unpaired) electrons. The van der Waals surface area contributed by atoms with Crippen LogP contribution in [0.2, 0.25) is 0 Å². The number of fused-ring (bicyclic) bond motifs is 1. The van der Waals surface area contributed by atoms with E-state index in [2.05, 4.69) is 20.9 Å². The van der Waals surface area contributed by atoms with E-state index in [1.807, 2.05) is 37.3 Å². The molecule has 1 aliphatic heterocycles. The first-order valence-electron chi connectivity index (χ1n) is 9.77. The smallest absolute Gasteiger partial charge is 0.297 e. The molecule has 3 aromatic rings. The van der Waals surface area contributed by atoms with Crippen LogP contribution in [0.4, 0.5) is 8.78 Å². The molecule has 1 aliphatic rings. The van der Waals surface area contributed by atoms with Gasteiger partial charge < -0.3 is 0 Å². The van der Waals surface area contributed by atoms with E-state index in [0.717, 1.165) is 37.3 Å². The van der Waals surface area contributed by atoms with Crippen molar-refractivity contribution in [2.45, 2.75) is 26.1 Å². The second kappa shape index (κ2) is 8.27. The summed E-state index contributed by atoms with van der Waals surface area (Å²) in [5.41, 5.74) is 2.91. The minimum absolute atomic E-state index is 0.187. The van der Waals surface area contributed by atoms with Crippen molar-refractivity contribution >= 4 is 11.0 Å². The monoisotopic (exact) mass is 395 g/mol. The summed E-state index contributed by atoms with van der Waals surface area (Å²) < 4.78 is 28.6. The molecule has 2 heterocycles. The van der Waals surface area contributed by atoms with Crippen molar-refractivity contribution in [2.24, 2.45) is 0 Å². The average Bonchev–Trinajstić information content (AvgIpc) is 3.14. The molecule has 1 aromatic heterocycles. The van der Waals surface area contributed by atoms with Gasteiger partial charge in [-0.05, 0) is 36.8 Å². The lowest BCUT2D eigenvalue weighted by Gasteiger charge is -2.37. The number of piperazine rings is 1. The maximum absolute atomic E-state index is 13.8. The quantitative estimate of drug-likeness (QED) is 0.650. The highest BCUT2D eigenvalue weighted by molar-refractivity contribution is 5.76. The normalized spacial score (nSPS) is 16.9. The van der Waals surface area contributed by atoms with Gasteiger partial charge in [0.15, 0.2) is 0 Å². The largest absolute Gasteiger partial charge is 0.320 e. The van der Waals surface area contributed by atoms with Crippen molar-refractivity contribution in [3.63, 3.8) is 0 Å². The minimum atomic E-state index is -2.61. The number of benzene rings is 2. The number of hydrogen-bond donors (Lipinski definition) is 0. The highest BCUT2D eigenvalue weighted by Gasteiger charge is 2.28. The number of aromatic nitrogens is 2. The molecule has 0 N–H and O–H groups in total. The van der Waals surface area contributed by atoms with E-state index >= 15 is 0 Å². The average molecular weight is 395 g/mol. The summed E-state index contributed by atoms with van der Waals surface area (Å²) in [6.07, 6.45) is 0. The van der Waals surface area contributed by atoms with Crippen molar-refractivity contribution in [2.75, 3.05) is 26.2 Å². The Labute approximate surface area is 168 Å². The standard InChI is InChI=1S/C22H23F2N5/c1-16(21-26-19-4-2-3-5-20(19)29(21)22(23)24)28-12-10-27(11-13-28)15-18-8-6-17(14-25)7-9-18/h2-9,16,22H,10-13,15H2,1H3. The lowest BCUT2D eigenvalue weighted by molar-refractivity contribution is 0.0558. The van der Waals surface area contributed by atoms with Gasteiger partial charge >= 0.3 is 6.55 Å². The molecule has 0 aliphatic carbocycles. The van der Waals surface area contributed by atoms with E-state index in [9.17, 15) is 8.78 Å². The number of nitrogens with zero attached hydrogens (tertiary/aromatic N) is 5. The van der Waals surface area contributed by atoms with Gasteiger partial charge in [0.25, 0.3) is 0 Å². The summed E-state index contributed by atoms with van der Waals surface area (Å²) in [6, 6.07) is 16.6. The zero-order valence-electron chi connectivity index (χ0n) is 16.3. The molecule has 0 amide bonds. The highest BCUT2D eigenvalue weighted by Crippen LogP contribution is 2.29. The van der Waals surface area contributed by atoms with Gasteiger partial charge in [-0.1, -0.05) is 24.3 Å². The lowest BCUT2D eigenvalue weighted by atomic mass is 10.1. The van der Waals surface area contributed by atoms with Gasteiger partial charge in [0, 0.05) is 32.7 Å². The molecule has 1 fully saturated rings. The molecule has 29 heavy (non-hydrogen) atoms. The summed E-state index contributed by atoms with van der Waals surface area (Å²) in [4.78, 5) is 9.08. The third kappa shape index (κ3) is 4.00. The number of imidazole rings is 1. The fourth-order valence-electron chi connectivity index (χ4n) is 3.98. The molecular formula is C22H23F2N5. The maximum atomic E-state index is 13.8. The molecule has 4 rings (SSSR count). The molecule has 5 nitrogen and oxygen atoms in total. The zero-order chi connectivity index (χ0) is 20.4. The van der Waals surface area contributed by atoms with Crippen LogP contribution < -0.4 is 0 Å². The van der Waals surface area contributed by atoms with Crippen LogP contribution in [0.15, 0.2) is 48.5 Å². The van der Waals surface area contributed by atoms with Gasteiger partial charge in [0.05, 0.1) is 28.7 Å². The van der Waals surface area contributed by atoms with Crippen LogP contribution in [-0.2, 0) is 6.54 Å². The molecule has 1 atom stereocenters. The van der Waals surface area contributed by atoms with Crippen LogP contribution in [0.25, 0.3) is 11.0 Å². The summed E-state index contributed by atoms with van der Waals surface area (Å²) in [6.45, 7) is 3.48. The van der Waals surface area contributed by atoms with E-state index < -0.39 is 6.55 Å². The van der Waals surface area contributed by atoms with Gasteiger partial charge in [-0.25, -0.2) is 4.98 Å². The molecule has 7 heteroatoms. The van der Waals surface area contributed by atoms with E-state index in [-0.39, 0.29) is 6.04 Å². The Kier molecular flexibility index (Phi) is 5.56. The van der Waals surface area contributed by atoms with Crippen LogP contribution >= 0.6 is 0 Å². The topological polar surface area (TPSA) is 48.1 Å². The first kappa shape index (κ1) is 19.5. The molecule has 0 saturated carbocycles. The SMILES string of the molecule is CC(c1nc2ccccc2n1C(F)F)N1CCN(Cc2ccc(C#N)cc2)CC1. The molecule has 1 unspecified atom stereocenters. The Morgan fingerprint density at radius 3 is 2.38 bits per heavy atom. The molecule has 0 bridgehead atoms. The van der Waals surface area contributed by atoms with Gasteiger partial charge in [0.1, 0.15) is 5.82 Å². The predicted molar refractivity (Wildman–Crippen MR) is 107 cm³/mol. The molecule has 150 valence electrons. The Morgan fingerprint density at radius 2 is 1.72 bits per heavy atom. The van der Waals surface area contributed by atoms with Crippen molar-refractivity contribution in [3.8, 4) is 6.07 Å². The highest BCUT2D eigenvalue weighted by atomic mass is 19.3. The second-order valence-corrected chi connectivity index (χ2v) is 7.40. The van der Waals surface area contributed by atoms with Crippen LogP contribution in [-0.4, -0.2) is 45.5 Å². The van der Waals surface area contributed by atoms with Crippen LogP contribution in [0, 0.1) is 11.3 Å². The van der Waals surface area contributed by atoms with Crippen molar-refractivity contribution in [1.29, 1.82) is 5.26 Å². The van der Waals surface area contributed by atoms with Gasteiger partial charge in [-0.15, -0.1) is 0 Å². The Bertz CT molecular complexity index is 1010. The zero-order valence-corrected chi connectivity index (χ0v) is 16.3. The van der Waals surface area contributed by atoms with E-state index in [1.54, 1.807) is 18.2 Å². The summed E-state index contributed by atoms with van der Waals surface area (Å²) in [7, 11) is 0. The van der Waals surface area contributed by atoms with Crippen molar-refractivity contribution < 1.29 is 8.78 Å². The summed E-state index contributed by atoms with van der Waals surface area (Å²) in [5, 5.41) is 8.91. The molecular weight excluding hydrogens is 372 g/mol. The van der Waals surface area contributed by atoms with Gasteiger partial charge in [-0.2, -0.15) is 14.0 Å². The maximum Gasteiger partial charge on any atom is 0.320 e. The van der Waals surface area contributed by atoms with Crippen LogP contribution in [0.1, 0.15) is 36.5 Å². The number of rotatable bonds is 5. The Hall–Kier alpha value is -2.82. The molecule has 2 aromatic carbocycles. The van der Waals surface area contributed by atoms with E-state index in [0.29, 0.717) is 22.4 Å². The predicted octanol–water partition coefficient (Wildman–Crippen LogP) is 4.18. The van der Waals surface area contributed by atoms with E-state index in [4.69, 9.17) is 5.26 Å². The van der Waals surface area contributed by atoms with Gasteiger partial charge in [-0.3, -0.25) is 14.4 Å². The fourth-order valence-corrected chi connectivity index (χ4v) is 3.98. The Balaban J connectivity index is 1.44. The number of para-hydroxylation sites is 2. The molecule has 0 spiro atoms. The van der Waals surface area contributed by atoms with Crippen molar-refractivity contribution in [1.82, 2.24) is 19.4 Å². The summed E-state index contributed by atoms with van der Waals surface area (Å²) in [5.74, 6) is 0.418. The fraction of sp³-hybridized carbons (Fsp3) is 0.364.